The standard InChI is InChI=1S/C14H19F2N3O/c1-19-8-2-3-11(19)6-7-17-14(20)18-10-4-5-12(15)13(16)9-10/h4-5,9,11H,2-3,6-8H2,1H3,(H2,17,18,20)/t11-/m1/s1. The molecule has 1 aliphatic rings. The van der Waals surface area contributed by atoms with Gasteiger partial charge in [0.15, 0.2) is 11.6 Å². The van der Waals surface area contributed by atoms with Crippen LogP contribution in [0.4, 0.5) is 19.3 Å². The van der Waals surface area contributed by atoms with Crippen molar-refractivity contribution in [3.05, 3.63) is 29.8 Å². The summed E-state index contributed by atoms with van der Waals surface area (Å²) in [5.41, 5.74) is 0.236. The first kappa shape index (κ1) is 14.7. The minimum absolute atomic E-state index is 0.236. The summed E-state index contributed by atoms with van der Waals surface area (Å²) >= 11 is 0. The van der Waals surface area contributed by atoms with E-state index in [1.165, 1.54) is 12.5 Å². The molecule has 20 heavy (non-hydrogen) atoms. The van der Waals surface area contributed by atoms with Gasteiger partial charge in [-0.15, -0.1) is 0 Å². The van der Waals surface area contributed by atoms with E-state index >= 15 is 0 Å². The number of carbonyl (C=O) groups is 1. The van der Waals surface area contributed by atoms with Gasteiger partial charge in [-0.1, -0.05) is 0 Å². The maximum atomic E-state index is 13.0. The Morgan fingerprint density at radius 2 is 2.20 bits per heavy atom. The fraction of sp³-hybridized carbons (Fsp3) is 0.500. The number of nitrogens with one attached hydrogen (secondary N) is 2. The molecule has 1 aliphatic heterocycles. The maximum Gasteiger partial charge on any atom is 0.319 e. The Hall–Kier alpha value is -1.69. The molecule has 6 heteroatoms. The largest absolute Gasteiger partial charge is 0.338 e. The van der Waals surface area contributed by atoms with Crippen LogP contribution in [0.25, 0.3) is 0 Å². The molecule has 2 rings (SSSR count). The van der Waals surface area contributed by atoms with Crippen molar-refractivity contribution < 1.29 is 13.6 Å². The zero-order chi connectivity index (χ0) is 14.5. The topological polar surface area (TPSA) is 44.4 Å². The van der Waals surface area contributed by atoms with Crippen LogP contribution in [0.1, 0.15) is 19.3 Å². The van der Waals surface area contributed by atoms with Crippen LogP contribution in [-0.4, -0.2) is 37.1 Å². The van der Waals surface area contributed by atoms with Crippen LogP contribution in [0.5, 0.6) is 0 Å². The third kappa shape index (κ3) is 3.90. The molecule has 1 aromatic carbocycles. The van der Waals surface area contributed by atoms with Gasteiger partial charge in [0.2, 0.25) is 0 Å². The second kappa shape index (κ2) is 6.65. The van der Waals surface area contributed by atoms with Gasteiger partial charge in [-0.2, -0.15) is 0 Å². The molecule has 1 heterocycles. The predicted molar refractivity (Wildman–Crippen MR) is 73.6 cm³/mol. The van der Waals surface area contributed by atoms with Gasteiger partial charge < -0.3 is 15.5 Å². The molecule has 0 saturated carbocycles. The lowest BCUT2D eigenvalue weighted by Crippen LogP contribution is -2.34. The fourth-order valence-corrected chi connectivity index (χ4v) is 2.45. The smallest absolute Gasteiger partial charge is 0.319 e. The molecule has 2 N–H and O–H groups in total. The van der Waals surface area contributed by atoms with Crippen molar-refractivity contribution in [3.8, 4) is 0 Å². The molecule has 2 amide bonds. The normalized spacial score (nSPS) is 19.1. The number of carbonyl (C=O) groups excluding carboxylic acids is 1. The molecule has 1 saturated heterocycles. The Labute approximate surface area is 117 Å². The summed E-state index contributed by atoms with van der Waals surface area (Å²) < 4.78 is 25.7. The third-order valence-electron chi connectivity index (χ3n) is 3.61. The first-order valence-corrected chi connectivity index (χ1v) is 6.76. The van der Waals surface area contributed by atoms with Gasteiger partial charge >= 0.3 is 6.03 Å². The molecule has 0 aliphatic carbocycles. The summed E-state index contributed by atoms with van der Waals surface area (Å²) in [6.07, 6.45) is 3.24. The van der Waals surface area contributed by atoms with Crippen LogP contribution < -0.4 is 10.6 Å². The van der Waals surface area contributed by atoms with Gasteiger partial charge in [-0.05, 0) is 45.0 Å². The molecular weight excluding hydrogens is 264 g/mol. The predicted octanol–water partition coefficient (Wildman–Crippen LogP) is 2.57. The van der Waals surface area contributed by atoms with E-state index in [2.05, 4.69) is 22.6 Å². The molecule has 0 unspecified atom stereocenters. The van der Waals surface area contributed by atoms with Crippen molar-refractivity contribution in [1.82, 2.24) is 10.2 Å². The zero-order valence-corrected chi connectivity index (χ0v) is 11.5. The van der Waals surface area contributed by atoms with Crippen LogP contribution >= 0.6 is 0 Å². The van der Waals surface area contributed by atoms with Crippen molar-refractivity contribution in [2.24, 2.45) is 0 Å². The lowest BCUT2D eigenvalue weighted by atomic mass is 10.1. The Balaban J connectivity index is 1.73. The van der Waals surface area contributed by atoms with Gasteiger partial charge in [-0.3, -0.25) is 0 Å². The van der Waals surface area contributed by atoms with Crippen LogP contribution in [0.2, 0.25) is 0 Å². The number of nitrogens with zero attached hydrogens (tertiary/aromatic N) is 1. The number of amides is 2. The number of benzene rings is 1. The maximum absolute atomic E-state index is 13.0. The van der Waals surface area contributed by atoms with Crippen LogP contribution in [0.3, 0.4) is 0 Å². The van der Waals surface area contributed by atoms with E-state index in [1.807, 2.05) is 0 Å². The Morgan fingerprint density at radius 1 is 1.40 bits per heavy atom. The van der Waals surface area contributed by atoms with Gasteiger partial charge in [0, 0.05) is 24.3 Å². The quantitative estimate of drug-likeness (QED) is 0.892. The van der Waals surface area contributed by atoms with E-state index in [4.69, 9.17) is 0 Å². The van der Waals surface area contributed by atoms with E-state index in [-0.39, 0.29) is 5.69 Å². The van der Waals surface area contributed by atoms with Gasteiger partial charge in [-0.25, -0.2) is 13.6 Å². The molecule has 0 spiro atoms. The van der Waals surface area contributed by atoms with E-state index in [0.717, 1.165) is 31.5 Å². The second-order valence-electron chi connectivity index (χ2n) is 5.08. The Bertz CT molecular complexity index is 481. The molecule has 110 valence electrons. The van der Waals surface area contributed by atoms with E-state index in [0.29, 0.717) is 12.6 Å². The molecule has 0 bridgehead atoms. The minimum Gasteiger partial charge on any atom is -0.338 e. The summed E-state index contributed by atoms with van der Waals surface area (Å²) in [6.45, 7) is 1.66. The first-order valence-electron chi connectivity index (χ1n) is 6.76. The summed E-state index contributed by atoms with van der Waals surface area (Å²) in [5.74, 6) is -1.91. The third-order valence-corrected chi connectivity index (χ3v) is 3.61. The van der Waals surface area contributed by atoms with Gasteiger partial charge in [0.25, 0.3) is 0 Å². The highest BCUT2D eigenvalue weighted by Gasteiger charge is 2.20. The first-order chi connectivity index (χ1) is 9.56. The van der Waals surface area contributed by atoms with Gasteiger partial charge in [0.1, 0.15) is 0 Å². The average Bonchev–Trinajstić information content (AvgIpc) is 2.80. The van der Waals surface area contributed by atoms with E-state index < -0.39 is 17.7 Å². The average molecular weight is 283 g/mol. The van der Waals surface area contributed by atoms with Crippen molar-refractivity contribution in [2.45, 2.75) is 25.3 Å². The molecule has 0 radical (unpaired) electrons. The highest BCUT2D eigenvalue weighted by atomic mass is 19.2. The van der Waals surface area contributed by atoms with Crippen LogP contribution in [0.15, 0.2) is 18.2 Å². The summed E-state index contributed by atoms with van der Waals surface area (Å²) in [5, 5.41) is 5.20. The number of hydrogen-bond acceptors (Lipinski definition) is 2. The minimum atomic E-state index is -0.976. The van der Waals surface area contributed by atoms with Crippen molar-refractivity contribution in [3.63, 3.8) is 0 Å². The highest BCUT2D eigenvalue weighted by Crippen LogP contribution is 2.17. The molecule has 4 nitrogen and oxygen atoms in total. The van der Waals surface area contributed by atoms with Crippen LogP contribution in [-0.2, 0) is 0 Å². The summed E-state index contributed by atoms with van der Waals surface area (Å²) in [6, 6.07) is 3.37. The molecular formula is C14H19F2N3O. The SMILES string of the molecule is CN1CCC[C@@H]1CCNC(=O)Nc1ccc(F)c(F)c1. The molecule has 1 aromatic rings. The number of hydrogen-bond donors (Lipinski definition) is 2. The molecule has 1 atom stereocenters. The number of halogens is 2. The number of anilines is 1. The van der Waals surface area contributed by atoms with E-state index in [1.54, 1.807) is 0 Å². The lowest BCUT2D eigenvalue weighted by Gasteiger charge is -2.19. The fourth-order valence-electron chi connectivity index (χ4n) is 2.45. The highest BCUT2D eigenvalue weighted by molar-refractivity contribution is 5.89. The number of likely N-dealkylation sites (tertiary alicyclic amines) is 1. The molecule has 0 aromatic heterocycles. The van der Waals surface area contributed by atoms with Crippen LogP contribution in [0, 0.1) is 11.6 Å². The Morgan fingerprint density at radius 3 is 2.85 bits per heavy atom. The molecule has 1 fully saturated rings. The second-order valence-corrected chi connectivity index (χ2v) is 5.08. The van der Waals surface area contributed by atoms with E-state index in [9.17, 15) is 13.6 Å². The van der Waals surface area contributed by atoms with Gasteiger partial charge in [0.05, 0.1) is 0 Å². The van der Waals surface area contributed by atoms with Crippen molar-refractivity contribution in [1.29, 1.82) is 0 Å². The summed E-state index contributed by atoms with van der Waals surface area (Å²) in [7, 11) is 2.08. The Kier molecular flexibility index (Phi) is 4.89. The van der Waals surface area contributed by atoms with Crippen molar-refractivity contribution >= 4 is 11.7 Å². The number of urea groups is 1. The van der Waals surface area contributed by atoms with Crippen molar-refractivity contribution in [2.75, 3.05) is 25.5 Å². The summed E-state index contributed by atoms with van der Waals surface area (Å²) in [4.78, 5) is 13.9. The zero-order valence-electron chi connectivity index (χ0n) is 11.5. The lowest BCUT2D eigenvalue weighted by molar-refractivity contribution is 0.248. The monoisotopic (exact) mass is 283 g/mol. The number of rotatable bonds is 4.